The quantitative estimate of drug-likeness (QED) is 0.0266. The number of ether oxygens (including phenoxy) is 2. The molecule has 0 aromatic heterocycles. The number of aliphatic carboxylic acids is 1. The number of cyclic esters (lactones) is 1. The van der Waals surface area contributed by atoms with Crippen LogP contribution in [0.5, 0.6) is 23.0 Å². The minimum atomic E-state index is -1.41. The van der Waals surface area contributed by atoms with Gasteiger partial charge < -0.3 is 65.1 Å². The fraction of sp³-hybridized carbons (Fsp3) is 0.390. The Hall–Kier alpha value is -9.00. The summed E-state index contributed by atoms with van der Waals surface area (Å²) in [7, 11) is 0. The molecule has 8 rings (SSSR count). The predicted octanol–water partition coefficient (Wildman–Crippen LogP) is 4.80. The van der Waals surface area contributed by atoms with Crippen LogP contribution >= 0.6 is 11.8 Å². The lowest BCUT2D eigenvalue weighted by Gasteiger charge is -2.46. The van der Waals surface area contributed by atoms with Crippen molar-refractivity contribution >= 4 is 82.1 Å². The summed E-state index contributed by atoms with van der Waals surface area (Å²) in [6.45, 7) is 1.47. The molecule has 84 heavy (non-hydrogen) atoms. The van der Waals surface area contributed by atoms with E-state index in [-0.39, 0.29) is 123 Å². The Balaban J connectivity index is 0.824. The van der Waals surface area contributed by atoms with Gasteiger partial charge in [-0.25, -0.2) is 14.0 Å². The van der Waals surface area contributed by atoms with Gasteiger partial charge in [0, 0.05) is 75.5 Å². The third-order valence-corrected chi connectivity index (χ3v) is 16.6. The average molecular weight is 1180 g/mol. The summed E-state index contributed by atoms with van der Waals surface area (Å²) in [5.41, 5.74) is 0.377. The lowest BCUT2D eigenvalue weighted by Crippen LogP contribution is -2.55. The molecule has 2 saturated heterocycles. The number of hydrogen-bond donors (Lipinski definition) is 7. The van der Waals surface area contributed by atoms with Gasteiger partial charge in [0.25, 0.3) is 11.8 Å². The molecule has 23 nitrogen and oxygen atoms in total. The van der Waals surface area contributed by atoms with Crippen molar-refractivity contribution in [2.24, 2.45) is 11.8 Å². The molecule has 0 bridgehead atoms. The first-order valence-corrected chi connectivity index (χ1v) is 28.3. The fourth-order valence-corrected chi connectivity index (χ4v) is 12.1. The van der Waals surface area contributed by atoms with Crippen LogP contribution in [0.1, 0.15) is 84.2 Å². The third kappa shape index (κ3) is 14.4. The van der Waals surface area contributed by atoms with Crippen LogP contribution < -0.4 is 20.4 Å². The molecule has 1 aliphatic carbocycles. The summed E-state index contributed by atoms with van der Waals surface area (Å²) in [5, 5.41) is 55.6. The molecule has 1 saturated carbocycles. The van der Waals surface area contributed by atoms with Crippen LogP contribution in [0.3, 0.4) is 0 Å². The highest BCUT2D eigenvalue weighted by atomic mass is 32.2. The summed E-state index contributed by atoms with van der Waals surface area (Å²) in [6, 6.07) is 18.8. The number of phenols is 4. The molecule has 7 N–H and O–H groups in total. The molecule has 444 valence electrons. The first-order chi connectivity index (χ1) is 40.2. The van der Waals surface area contributed by atoms with Crippen molar-refractivity contribution in [2.45, 2.75) is 69.3 Å². The zero-order valence-corrected chi connectivity index (χ0v) is 46.5. The second-order valence-corrected chi connectivity index (χ2v) is 21.9. The standard InChI is InChI=1S/C59H63FN6O17S/c1-33(67)15-17-37-29-66(59(81)83-37)36-16-18-42(41(60)27-36)63-23-25-64(26-24-63)47(72)19-20-48(73)82-31-35-32-84-55-40(54(76)50(55)49(35)58(79)80)28-45(70)51(34-9-3-2-4-10-34)62-46(71)30-65(57(78)39-12-8-14-44(69)53(39)75)22-6-5-21-61-56(77)38-11-7-13-43(68)52(38)74/h2-4,7-14,16,18,27,37,40,50-51,55,68-69,74-75H,5-6,15,17,19-26,28-32H2,1H3,(H,61,77)(H,62,71)(H,79,80)/t37-,40+,50?,51?,55+/m0/s1. The van der Waals surface area contributed by atoms with Crippen molar-refractivity contribution in [3.05, 3.63) is 119 Å². The Kier molecular flexibility index (Phi) is 19.9. The van der Waals surface area contributed by atoms with Crippen molar-refractivity contribution in [1.82, 2.24) is 20.4 Å². The van der Waals surface area contributed by atoms with Crippen molar-refractivity contribution in [2.75, 3.05) is 74.5 Å². The second-order valence-electron chi connectivity index (χ2n) is 20.7. The molecule has 5 amide bonds. The maximum atomic E-state index is 15.4. The zero-order chi connectivity index (χ0) is 60.4. The molecule has 3 fully saturated rings. The number of carboxylic acids is 1. The number of esters is 1. The molecule has 5 atom stereocenters. The monoisotopic (exact) mass is 1180 g/mol. The number of rotatable bonds is 25. The molecule has 4 aromatic carbocycles. The van der Waals surface area contributed by atoms with E-state index in [9.17, 15) is 73.5 Å². The number of carbonyl (C=O) groups is 10. The number of carbonyl (C=O) groups excluding carboxylic acids is 9. The highest BCUT2D eigenvalue weighted by Gasteiger charge is 2.56. The number of para-hydroxylation sites is 2. The number of amides is 5. The minimum absolute atomic E-state index is 0.0300. The van der Waals surface area contributed by atoms with Crippen molar-refractivity contribution < 1.29 is 87.3 Å². The van der Waals surface area contributed by atoms with Gasteiger partial charge in [-0.05, 0) is 79.8 Å². The fourth-order valence-electron chi connectivity index (χ4n) is 10.5. The number of phenolic OH excluding ortho intramolecular Hbond substituents is 4. The Bertz CT molecular complexity index is 3260. The number of ketones is 3. The number of aromatic hydroxyl groups is 4. The van der Waals surface area contributed by atoms with Crippen molar-refractivity contribution in [3.8, 4) is 23.0 Å². The summed E-state index contributed by atoms with van der Waals surface area (Å²) < 4.78 is 26.2. The molecule has 4 aliphatic rings. The molecule has 4 aromatic rings. The highest BCUT2D eigenvalue weighted by Crippen LogP contribution is 2.50. The SMILES string of the molecule is CC(=O)CC[C@H]1CN(c2ccc(N3CCN(C(=O)CCC(=O)OCC4=C(C(=O)O)C5C(=O)[C@@H](CC(=O)C(NC(=O)CN(CCCCNC(=O)c6cccc(O)c6O)C(=O)c6cccc(O)c6O)c6ccccc6)[C@H]5SC4)CC3)c(F)c2)C(=O)O1. The topological polar surface area (TPSA) is 327 Å². The van der Waals surface area contributed by atoms with Crippen LogP contribution in [0.2, 0.25) is 0 Å². The van der Waals surface area contributed by atoms with E-state index in [4.69, 9.17) is 9.47 Å². The lowest BCUT2D eigenvalue weighted by molar-refractivity contribution is -0.145. The van der Waals surface area contributed by atoms with E-state index in [0.717, 1.165) is 11.0 Å². The number of Topliss-reactive ketones (excluding diaryl/α,β-unsaturated/α-hetero) is 3. The summed E-state index contributed by atoms with van der Waals surface area (Å²) in [6.07, 6.45) is -0.991. The van der Waals surface area contributed by atoms with E-state index in [2.05, 4.69) is 10.6 Å². The van der Waals surface area contributed by atoms with Crippen LogP contribution in [-0.2, 0) is 43.0 Å². The van der Waals surface area contributed by atoms with Crippen LogP contribution in [0.25, 0.3) is 0 Å². The Morgan fingerprint density at radius 1 is 0.833 bits per heavy atom. The van der Waals surface area contributed by atoms with Gasteiger partial charge >= 0.3 is 18.0 Å². The number of halogens is 1. The summed E-state index contributed by atoms with van der Waals surface area (Å²) in [5.74, 6) is -11.1. The Morgan fingerprint density at radius 3 is 2.20 bits per heavy atom. The van der Waals surface area contributed by atoms with E-state index < -0.39 is 125 Å². The van der Waals surface area contributed by atoms with Crippen LogP contribution in [0, 0.1) is 17.7 Å². The van der Waals surface area contributed by atoms with Crippen LogP contribution in [0.4, 0.5) is 20.6 Å². The number of nitrogens with one attached hydrogen (secondary N) is 2. The maximum absolute atomic E-state index is 15.4. The van der Waals surface area contributed by atoms with E-state index >= 15 is 4.39 Å². The predicted molar refractivity (Wildman–Crippen MR) is 300 cm³/mol. The molecular formula is C59H63FN6O17S. The number of nitrogens with zero attached hydrogens (tertiary/aromatic N) is 4. The van der Waals surface area contributed by atoms with Gasteiger partial charge in [-0.15, -0.1) is 0 Å². The average Bonchev–Trinajstić information content (AvgIpc) is 3.31. The van der Waals surface area contributed by atoms with Gasteiger partial charge in [0.05, 0.1) is 53.5 Å². The largest absolute Gasteiger partial charge is 0.504 e. The minimum Gasteiger partial charge on any atom is -0.504 e. The number of anilines is 2. The first-order valence-electron chi connectivity index (χ1n) is 27.2. The maximum Gasteiger partial charge on any atom is 0.414 e. The summed E-state index contributed by atoms with van der Waals surface area (Å²) >= 11 is 1.22. The normalized spacial score (nSPS) is 18.7. The molecule has 0 spiro atoms. The zero-order valence-electron chi connectivity index (χ0n) is 45.7. The van der Waals surface area contributed by atoms with Gasteiger partial charge in [0.2, 0.25) is 11.8 Å². The molecular weight excluding hydrogens is 1120 g/mol. The molecule has 25 heteroatoms. The highest BCUT2D eigenvalue weighted by molar-refractivity contribution is 8.00. The summed E-state index contributed by atoms with van der Waals surface area (Å²) in [4.78, 5) is 137. The van der Waals surface area contributed by atoms with Gasteiger partial charge in [0.15, 0.2) is 28.8 Å². The van der Waals surface area contributed by atoms with Gasteiger partial charge in [-0.3, -0.25) is 38.5 Å². The number of piperazine rings is 1. The number of hydrogen-bond acceptors (Lipinski definition) is 18. The number of carboxylic acid groups (broad SMARTS) is 1. The van der Waals surface area contributed by atoms with Gasteiger partial charge in [0.1, 0.15) is 36.1 Å². The number of benzene rings is 4. The van der Waals surface area contributed by atoms with Crippen molar-refractivity contribution in [1.29, 1.82) is 0 Å². The van der Waals surface area contributed by atoms with Crippen molar-refractivity contribution in [3.63, 3.8) is 0 Å². The Morgan fingerprint density at radius 2 is 1.52 bits per heavy atom. The van der Waals surface area contributed by atoms with E-state index in [1.165, 1.54) is 64.9 Å². The van der Waals surface area contributed by atoms with Gasteiger partial charge in [-0.2, -0.15) is 11.8 Å². The van der Waals surface area contributed by atoms with Crippen LogP contribution in [-0.4, -0.2) is 170 Å². The number of thioether (sulfide) groups is 1. The third-order valence-electron chi connectivity index (χ3n) is 15.1. The lowest BCUT2D eigenvalue weighted by atomic mass is 9.65. The van der Waals surface area contributed by atoms with Gasteiger partial charge in [-0.1, -0.05) is 42.5 Å². The number of unbranched alkanes of at least 4 members (excludes halogenated alkanes) is 1. The molecule has 2 unspecified atom stereocenters. The molecule has 3 aliphatic heterocycles. The van der Waals surface area contributed by atoms with Crippen LogP contribution in [0.15, 0.2) is 96.1 Å². The number of fused-ring (bicyclic) bond motifs is 1. The molecule has 0 radical (unpaired) electrons. The smallest absolute Gasteiger partial charge is 0.414 e. The first kappa shape index (κ1) is 61.1. The van der Waals surface area contributed by atoms with E-state index in [0.29, 0.717) is 17.7 Å². The second kappa shape index (κ2) is 27.4. The molecule has 3 heterocycles. The van der Waals surface area contributed by atoms with E-state index in [1.807, 2.05) is 0 Å². The Labute approximate surface area is 485 Å². The van der Waals surface area contributed by atoms with E-state index in [1.54, 1.807) is 47.4 Å².